The summed E-state index contributed by atoms with van der Waals surface area (Å²) in [6, 6.07) is 0.0235. The predicted molar refractivity (Wildman–Crippen MR) is 83.1 cm³/mol. The van der Waals surface area contributed by atoms with Crippen LogP contribution in [0, 0.1) is 0 Å². The molecule has 1 aliphatic carbocycles. The number of halogens is 1. The van der Waals surface area contributed by atoms with Crippen molar-refractivity contribution in [2.45, 2.75) is 57.6 Å². The number of aliphatic hydroxyl groups is 1. The first kappa shape index (κ1) is 15.5. The Balaban J connectivity index is 2.10. The molecule has 1 aromatic rings. The zero-order valence-corrected chi connectivity index (χ0v) is 13.6. The summed E-state index contributed by atoms with van der Waals surface area (Å²) in [6.07, 6.45) is 6.58. The van der Waals surface area contributed by atoms with E-state index in [1.165, 1.54) is 11.1 Å². The van der Waals surface area contributed by atoms with Crippen LogP contribution in [0.25, 0.3) is 0 Å². The largest absolute Gasteiger partial charge is 0.388 e. The predicted octanol–water partition coefficient (Wildman–Crippen LogP) is 2.69. The highest BCUT2D eigenvalue weighted by Gasteiger charge is 2.29. The molecular weight excluding hydrogens is 322 g/mol. The summed E-state index contributed by atoms with van der Waals surface area (Å²) in [5, 5.41) is 17.8. The topological polar surface area (TPSA) is 67.2 Å². The lowest BCUT2D eigenvalue weighted by Gasteiger charge is -2.32. The van der Waals surface area contributed by atoms with Gasteiger partial charge >= 0.3 is 0 Å². The second-order valence-corrected chi connectivity index (χ2v) is 6.65. The van der Waals surface area contributed by atoms with E-state index in [1.807, 2.05) is 13.8 Å². The second kappa shape index (κ2) is 6.26. The van der Waals surface area contributed by atoms with Crippen molar-refractivity contribution < 1.29 is 5.11 Å². The molecule has 2 rings (SSSR count). The molecule has 0 unspecified atom stereocenters. The first-order valence-electron chi connectivity index (χ1n) is 7.16. The third kappa shape index (κ3) is 3.41. The minimum absolute atomic E-state index is 0.0235. The van der Waals surface area contributed by atoms with E-state index in [1.54, 1.807) is 6.20 Å². The average molecular weight is 344 g/mol. The van der Waals surface area contributed by atoms with Gasteiger partial charge in [-0.2, -0.15) is 5.10 Å². The lowest BCUT2D eigenvalue weighted by atomic mass is 9.85. The molecule has 112 valence electrons. The molecule has 2 N–H and O–H groups in total. The third-order valence-corrected chi connectivity index (χ3v) is 4.59. The first-order chi connectivity index (χ1) is 9.43. The van der Waals surface area contributed by atoms with E-state index < -0.39 is 5.60 Å². The van der Waals surface area contributed by atoms with Gasteiger partial charge in [-0.05, 0) is 42.6 Å². The molecule has 1 fully saturated rings. The third-order valence-electron chi connectivity index (χ3n) is 3.82. The van der Waals surface area contributed by atoms with E-state index in [2.05, 4.69) is 26.3 Å². The van der Waals surface area contributed by atoms with Gasteiger partial charge < -0.3 is 10.4 Å². The standard InChI is InChI=1S/C14H22BrN3O2/c1-10(2)18-13(19)12(15)11(8-17-18)16-9-14(20)6-4-3-5-7-14/h8,10,16,20H,3-7,9H2,1-2H3. The molecule has 0 spiro atoms. The summed E-state index contributed by atoms with van der Waals surface area (Å²) < 4.78 is 1.91. The van der Waals surface area contributed by atoms with Crippen LogP contribution in [0.1, 0.15) is 52.0 Å². The van der Waals surface area contributed by atoms with Crippen molar-refractivity contribution in [3.8, 4) is 0 Å². The fraction of sp³-hybridized carbons (Fsp3) is 0.714. The number of nitrogens with zero attached hydrogens (tertiary/aromatic N) is 2. The molecule has 0 aromatic carbocycles. The molecule has 1 saturated carbocycles. The molecular formula is C14H22BrN3O2. The molecule has 0 amide bonds. The fourth-order valence-corrected chi connectivity index (χ4v) is 3.01. The summed E-state index contributed by atoms with van der Waals surface area (Å²) >= 11 is 3.32. The SMILES string of the molecule is CC(C)n1ncc(NCC2(O)CCCCC2)c(Br)c1=O. The Morgan fingerprint density at radius 2 is 2.10 bits per heavy atom. The maximum atomic E-state index is 12.1. The number of nitrogens with one attached hydrogen (secondary N) is 1. The number of hydrogen-bond donors (Lipinski definition) is 2. The zero-order chi connectivity index (χ0) is 14.8. The summed E-state index contributed by atoms with van der Waals surface area (Å²) in [5.41, 5.74) is -0.170. The van der Waals surface area contributed by atoms with Crippen LogP contribution in [0.4, 0.5) is 5.69 Å². The van der Waals surface area contributed by atoms with Crippen LogP contribution >= 0.6 is 15.9 Å². The Kier molecular flexibility index (Phi) is 4.86. The van der Waals surface area contributed by atoms with Gasteiger partial charge in [0.2, 0.25) is 0 Å². The van der Waals surface area contributed by atoms with E-state index in [0.29, 0.717) is 16.7 Å². The molecule has 0 atom stereocenters. The van der Waals surface area contributed by atoms with Crippen molar-refractivity contribution in [3.05, 3.63) is 21.0 Å². The average Bonchev–Trinajstić information content (AvgIpc) is 2.41. The van der Waals surface area contributed by atoms with Gasteiger partial charge in [0.1, 0.15) is 4.47 Å². The van der Waals surface area contributed by atoms with Crippen molar-refractivity contribution in [2.75, 3.05) is 11.9 Å². The molecule has 1 aliphatic rings. The smallest absolute Gasteiger partial charge is 0.283 e. The van der Waals surface area contributed by atoms with Gasteiger partial charge in [0.25, 0.3) is 5.56 Å². The van der Waals surface area contributed by atoms with Crippen LogP contribution in [0.3, 0.4) is 0 Å². The molecule has 0 bridgehead atoms. The Bertz CT molecular complexity index is 522. The number of rotatable bonds is 4. The highest BCUT2D eigenvalue weighted by molar-refractivity contribution is 9.10. The quantitative estimate of drug-likeness (QED) is 0.881. The summed E-state index contributed by atoms with van der Waals surface area (Å²) in [4.78, 5) is 12.1. The van der Waals surface area contributed by atoms with Crippen molar-refractivity contribution in [1.29, 1.82) is 0 Å². The Hall–Kier alpha value is -0.880. The van der Waals surface area contributed by atoms with Gasteiger partial charge in [0.05, 0.1) is 23.5 Å². The highest BCUT2D eigenvalue weighted by Crippen LogP contribution is 2.29. The Morgan fingerprint density at radius 3 is 2.70 bits per heavy atom. The van der Waals surface area contributed by atoms with E-state index in [-0.39, 0.29) is 11.6 Å². The maximum Gasteiger partial charge on any atom is 0.283 e. The summed E-state index contributed by atoms with van der Waals surface area (Å²) in [5.74, 6) is 0. The second-order valence-electron chi connectivity index (χ2n) is 5.85. The van der Waals surface area contributed by atoms with Gasteiger partial charge in [-0.3, -0.25) is 4.79 Å². The maximum absolute atomic E-state index is 12.1. The molecule has 1 heterocycles. The van der Waals surface area contributed by atoms with Crippen molar-refractivity contribution in [3.63, 3.8) is 0 Å². The van der Waals surface area contributed by atoms with Gasteiger partial charge in [-0.15, -0.1) is 0 Å². The number of hydrogen-bond acceptors (Lipinski definition) is 4. The normalized spacial score (nSPS) is 18.2. The summed E-state index contributed by atoms with van der Waals surface area (Å²) in [6.45, 7) is 4.29. The lowest BCUT2D eigenvalue weighted by Crippen LogP contribution is -2.39. The minimum atomic E-state index is -0.662. The molecule has 20 heavy (non-hydrogen) atoms. The summed E-state index contributed by atoms with van der Waals surface area (Å²) in [7, 11) is 0. The number of aromatic nitrogens is 2. The van der Waals surface area contributed by atoms with Gasteiger partial charge in [-0.25, -0.2) is 4.68 Å². The van der Waals surface area contributed by atoms with Crippen LogP contribution in [0.2, 0.25) is 0 Å². The zero-order valence-electron chi connectivity index (χ0n) is 12.0. The van der Waals surface area contributed by atoms with Crippen LogP contribution in [-0.2, 0) is 0 Å². The molecule has 0 saturated heterocycles. The van der Waals surface area contributed by atoms with Crippen LogP contribution in [0.5, 0.6) is 0 Å². The molecule has 5 nitrogen and oxygen atoms in total. The van der Waals surface area contributed by atoms with Gasteiger partial charge in [-0.1, -0.05) is 19.3 Å². The van der Waals surface area contributed by atoms with Crippen molar-refractivity contribution >= 4 is 21.6 Å². The first-order valence-corrected chi connectivity index (χ1v) is 7.96. The van der Waals surface area contributed by atoms with Gasteiger partial charge in [0, 0.05) is 6.54 Å². The molecule has 0 radical (unpaired) electrons. The highest BCUT2D eigenvalue weighted by atomic mass is 79.9. The molecule has 6 heteroatoms. The van der Waals surface area contributed by atoms with E-state index in [0.717, 1.165) is 25.7 Å². The minimum Gasteiger partial charge on any atom is -0.388 e. The lowest BCUT2D eigenvalue weighted by molar-refractivity contribution is 0.0167. The van der Waals surface area contributed by atoms with Crippen molar-refractivity contribution in [1.82, 2.24) is 9.78 Å². The van der Waals surface area contributed by atoms with Crippen LogP contribution in [-0.4, -0.2) is 27.0 Å². The fourth-order valence-electron chi connectivity index (χ4n) is 2.58. The van der Waals surface area contributed by atoms with E-state index in [4.69, 9.17) is 0 Å². The monoisotopic (exact) mass is 343 g/mol. The van der Waals surface area contributed by atoms with Gasteiger partial charge in [0.15, 0.2) is 0 Å². The van der Waals surface area contributed by atoms with Crippen LogP contribution < -0.4 is 10.9 Å². The number of anilines is 1. The molecule has 1 aromatic heterocycles. The Morgan fingerprint density at radius 1 is 1.45 bits per heavy atom. The van der Waals surface area contributed by atoms with Crippen LogP contribution in [0.15, 0.2) is 15.5 Å². The van der Waals surface area contributed by atoms with E-state index in [9.17, 15) is 9.90 Å². The van der Waals surface area contributed by atoms with E-state index >= 15 is 0 Å². The van der Waals surface area contributed by atoms with Crippen molar-refractivity contribution in [2.24, 2.45) is 0 Å². The Labute approximate surface area is 127 Å². The molecule has 0 aliphatic heterocycles.